The first kappa shape index (κ1) is 21.1. The third-order valence-corrected chi connectivity index (χ3v) is 4.59. The van der Waals surface area contributed by atoms with Crippen molar-refractivity contribution in [3.63, 3.8) is 0 Å². The topological polar surface area (TPSA) is 60.5 Å². The smallest absolute Gasteiger partial charge is 0.225 e. The molecule has 0 aliphatic carbocycles. The van der Waals surface area contributed by atoms with Gasteiger partial charge in [0.05, 0.1) is 18.9 Å². The van der Waals surface area contributed by atoms with E-state index < -0.39 is 0 Å². The third-order valence-electron chi connectivity index (χ3n) is 3.60. The van der Waals surface area contributed by atoms with Gasteiger partial charge in [0, 0.05) is 35.9 Å². The van der Waals surface area contributed by atoms with Gasteiger partial charge in [0.2, 0.25) is 5.91 Å². The molecular weight excluding hydrogens is 360 g/mol. The molecule has 0 atom stereocenters. The summed E-state index contributed by atoms with van der Waals surface area (Å²) in [6.45, 7) is 5.37. The van der Waals surface area contributed by atoms with Crippen LogP contribution in [0.3, 0.4) is 0 Å². The molecule has 146 valence electrons. The Labute approximate surface area is 165 Å². The van der Waals surface area contributed by atoms with Crippen LogP contribution in [0.4, 0.5) is 5.69 Å². The molecule has 0 aliphatic heterocycles. The molecule has 2 rings (SSSR count). The van der Waals surface area contributed by atoms with Crippen LogP contribution in [0, 0.1) is 0 Å². The van der Waals surface area contributed by atoms with E-state index in [1.165, 1.54) is 0 Å². The van der Waals surface area contributed by atoms with Crippen LogP contribution in [0.2, 0.25) is 0 Å². The molecule has 0 unspecified atom stereocenters. The number of anilines is 1. The highest BCUT2D eigenvalue weighted by Gasteiger charge is 2.09. The van der Waals surface area contributed by atoms with E-state index in [-0.39, 0.29) is 5.91 Å². The fourth-order valence-electron chi connectivity index (χ4n) is 2.29. The highest BCUT2D eigenvalue weighted by molar-refractivity contribution is 7.98. The number of carbonyl (C=O) groups is 1. The Morgan fingerprint density at radius 1 is 1.07 bits per heavy atom. The summed E-state index contributed by atoms with van der Waals surface area (Å²) in [6.07, 6.45) is 4.09. The minimum atomic E-state index is -0.00723. The predicted octanol–water partition coefficient (Wildman–Crippen LogP) is 4.92. The van der Waals surface area contributed by atoms with Crippen molar-refractivity contribution in [2.24, 2.45) is 0 Å². The van der Waals surface area contributed by atoms with E-state index in [0.717, 1.165) is 35.7 Å². The van der Waals surface area contributed by atoms with Gasteiger partial charge in [-0.05, 0) is 37.1 Å². The second-order valence-electron chi connectivity index (χ2n) is 6.03. The number of thioether (sulfide) groups is 1. The molecule has 1 amide bonds. The summed E-state index contributed by atoms with van der Waals surface area (Å²) in [5, 5.41) is 2.94. The van der Waals surface area contributed by atoms with Crippen LogP contribution in [0.15, 0.2) is 42.6 Å². The summed E-state index contributed by atoms with van der Waals surface area (Å²) in [5.41, 5.74) is 1.76. The number of hydrogen-bond donors (Lipinski definition) is 1. The molecule has 0 saturated heterocycles. The van der Waals surface area contributed by atoms with Crippen molar-refractivity contribution >= 4 is 23.4 Å². The van der Waals surface area contributed by atoms with Gasteiger partial charge >= 0.3 is 0 Å². The summed E-state index contributed by atoms with van der Waals surface area (Å²) in [6, 6.07) is 11.4. The number of aromatic nitrogens is 1. The standard InChI is InChI=1S/C21H28N2O3S/c1-3-12-25-19-9-8-17(15-20(19)26-13-4-2)23-21(24)10-14-27-16-18-7-5-6-11-22-18/h5-9,11,15H,3-4,10,12-14,16H2,1-2H3,(H,23,24). The van der Waals surface area contributed by atoms with Gasteiger partial charge < -0.3 is 14.8 Å². The van der Waals surface area contributed by atoms with Crippen molar-refractivity contribution in [2.45, 2.75) is 38.9 Å². The van der Waals surface area contributed by atoms with Crippen molar-refractivity contribution in [2.75, 3.05) is 24.3 Å². The molecule has 0 spiro atoms. The van der Waals surface area contributed by atoms with E-state index >= 15 is 0 Å². The maximum Gasteiger partial charge on any atom is 0.225 e. The second-order valence-corrected chi connectivity index (χ2v) is 7.14. The molecule has 5 nitrogen and oxygen atoms in total. The van der Waals surface area contributed by atoms with Crippen molar-refractivity contribution in [1.82, 2.24) is 4.98 Å². The molecule has 0 saturated carbocycles. The highest BCUT2D eigenvalue weighted by Crippen LogP contribution is 2.31. The van der Waals surface area contributed by atoms with Crippen molar-refractivity contribution in [1.29, 1.82) is 0 Å². The largest absolute Gasteiger partial charge is 0.490 e. The number of benzene rings is 1. The fraction of sp³-hybridized carbons (Fsp3) is 0.429. The number of hydrogen-bond acceptors (Lipinski definition) is 5. The summed E-state index contributed by atoms with van der Waals surface area (Å²) >= 11 is 1.70. The van der Waals surface area contributed by atoms with Crippen LogP contribution < -0.4 is 14.8 Å². The van der Waals surface area contributed by atoms with Gasteiger partial charge in [-0.2, -0.15) is 11.8 Å². The van der Waals surface area contributed by atoms with Gasteiger partial charge in [-0.3, -0.25) is 9.78 Å². The van der Waals surface area contributed by atoms with Crippen LogP contribution in [0.25, 0.3) is 0 Å². The van der Waals surface area contributed by atoms with E-state index in [0.29, 0.717) is 31.1 Å². The van der Waals surface area contributed by atoms with Crippen LogP contribution in [0.1, 0.15) is 38.8 Å². The number of rotatable bonds is 12. The molecule has 0 bridgehead atoms. The lowest BCUT2D eigenvalue weighted by Crippen LogP contribution is -2.12. The summed E-state index contributed by atoms with van der Waals surface area (Å²) in [7, 11) is 0. The molecule has 0 aliphatic rings. The lowest BCUT2D eigenvalue weighted by molar-refractivity contribution is -0.115. The van der Waals surface area contributed by atoms with Crippen LogP contribution in [0.5, 0.6) is 11.5 Å². The number of nitrogens with zero attached hydrogens (tertiary/aromatic N) is 1. The number of ether oxygens (including phenoxy) is 2. The molecule has 1 heterocycles. The van der Waals surface area contributed by atoms with Crippen LogP contribution in [-0.2, 0) is 10.5 Å². The zero-order valence-corrected chi connectivity index (χ0v) is 16.9. The maximum absolute atomic E-state index is 12.2. The van der Waals surface area contributed by atoms with Gasteiger partial charge in [-0.25, -0.2) is 0 Å². The second kappa shape index (κ2) is 12.2. The third kappa shape index (κ3) is 7.91. The molecule has 2 aromatic rings. The number of pyridine rings is 1. The average molecular weight is 389 g/mol. The van der Waals surface area contributed by atoms with Crippen molar-refractivity contribution in [3.05, 3.63) is 48.3 Å². The Kier molecular flexibility index (Phi) is 9.55. The van der Waals surface area contributed by atoms with E-state index in [2.05, 4.69) is 24.1 Å². The first-order valence-electron chi connectivity index (χ1n) is 9.40. The zero-order chi connectivity index (χ0) is 19.3. The summed E-state index contributed by atoms with van der Waals surface area (Å²) in [5.74, 6) is 2.94. The van der Waals surface area contributed by atoms with Crippen LogP contribution in [-0.4, -0.2) is 29.9 Å². The Bertz CT molecular complexity index is 695. The Hall–Kier alpha value is -2.21. The van der Waals surface area contributed by atoms with E-state index in [4.69, 9.17) is 9.47 Å². The quantitative estimate of drug-likeness (QED) is 0.523. The minimum absolute atomic E-state index is 0.00723. The predicted molar refractivity (Wildman–Crippen MR) is 112 cm³/mol. The van der Waals surface area contributed by atoms with Crippen molar-refractivity contribution in [3.8, 4) is 11.5 Å². The molecule has 1 aromatic heterocycles. The Balaban J connectivity index is 1.82. The normalized spacial score (nSPS) is 10.4. The van der Waals surface area contributed by atoms with E-state index in [1.807, 2.05) is 36.4 Å². The van der Waals surface area contributed by atoms with Gasteiger partial charge in [0.25, 0.3) is 0 Å². The Morgan fingerprint density at radius 2 is 1.85 bits per heavy atom. The molecular formula is C21H28N2O3S. The van der Waals surface area contributed by atoms with Gasteiger partial charge in [0.1, 0.15) is 0 Å². The van der Waals surface area contributed by atoms with E-state index in [1.54, 1.807) is 18.0 Å². The minimum Gasteiger partial charge on any atom is -0.490 e. The van der Waals surface area contributed by atoms with Crippen LogP contribution >= 0.6 is 11.8 Å². The number of nitrogens with one attached hydrogen (secondary N) is 1. The average Bonchev–Trinajstić information content (AvgIpc) is 2.69. The lowest BCUT2D eigenvalue weighted by Gasteiger charge is -2.14. The molecule has 27 heavy (non-hydrogen) atoms. The first-order chi connectivity index (χ1) is 13.2. The molecule has 1 N–H and O–H groups in total. The molecule has 6 heteroatoms. The maximum atomic E-state index is 12.2. The number of amides is 1. The van der Waals surface area contributed by atoms with E-state index in [9.17, 15) is 4.79 Å². The molecule has 0 radical (unpaired) electrons. The molecule has 1 aromatic carbocycles. The van der Waals surface area contributed by atoms with Gasteiger partial charge in [-0.15, -0.1) is 0 Å². The SMILES string of the molecule is CCCOc1ccc(NC(=O)CCSCc2ccccn2)cc1OCCC. The van der Waals surface area contributed by atoms with Crippen molar-refractivity contribution < 1.29 is 14.3 Å². The van der Waals surface area contributed by atoms with Gasteiger partial charge in [-0.1, -0.05) is 19.9 Å². The number of carbonyl (C=O) groups excluding carboxylic acids is 1. The highest BCUT2D eigenvalue weighted by atomic mass is 32.2. The summed E-state index contributed by atoms with van der Waals surface area (Å²) in [4.78, 5) is 16.5. The summed E-state index contributed by atoms with van der Waals surface area (Å²) < 4.78 is 11.5. The fourth-order valence-corrected chi connectivity index (χ4v) is 3.14. The Morgan fingerprint density at radius 3 is 2.56 bits per heavy atom. The van der Waals surface area contributed by atoms with Gasteiger partial charge in [0.15, 0.2) is 11.5 Å². The zero-order valence-electron chi connectivity index (χ0n) is 16.1. The first-order valence-corrected chi connectivity index (χ1v) is 10.6. The monoisotopic (exact) mass is 388 g/mol. The molecule has 0 fully saturated rings. The lowest BCUT2D eigenvalue weighted by atomic mass is 10.2.